The first-order valence-corrected chi connectivity index (χ1v) is 5.43. The summed E-state index contributed by atoms with van der Waals surface area (Å²) in [5.41, 5.74) is 1.57. The smallest absolute Gasteiger partial charge is 0.330 e. The number of alkyl halides is 1. The average molecular weight is 246 g/mol. The SMILES string of the molecule is COC1(F)C=CNC(c2cnn3ccccc23)=N1. The molecule has 2 aromatic rings. The fraction of sp³-hybridized carbons (Fsp3) is 0.167. The molecule has 0 radical (unpaired) electrons. The Morgan fingerprint density at radius 3 is 3.17 bits per heavy atom. The van der Waals surface area contributed by atoms with Gasteiger partial charge >= 0.3 is 5.98 Å². The van der Waals surface area contributed by atoms with Gasteiger partial charge in [0.15, 0.2) is 0 Å². The molecule has 3 rings (SSSR count). The van der Waals surface area contributed by atoms with E-state index >= 15 is 0 Å². The molecule has 3 heterocycles. The van der Waals surface area contributed by atoms with E-state index in [1.54, 1.807) is 10.7 Å². The van der Waals surface area contributed by atoms with Gasteiger partial charge in [-0.25, -0.2) is 4.52 Å². The Morgan fingerprint density at radius 1 is 1.44 bits per heavy atom. The summed E-state index contributed by atoms with van der Waals surface area (Å²) >= 11 is 0. The van der Waals surface area contributed by atoms with E-state index in [0.717, 1.165) is 11.1 Å². The van der Waals surface area contributed by atoms with Gasteiger partial charge in [0.05, 0.1) is 17.3 Å². The summed E-state index contributed by atoms with van der Waals surface area (Å²) in [4.78, 5) is 3.90. The first kappa shape index (κ1) is 10.9. The molecule has 0 aromatic carbocycles. The predicted octanol–water partition coefficient (Wildman–Crippen LogP) is 1.47. The number of ether oxygens (including phenoxy) is 1. The van der Waals surface area contributed by atoms with Crippen LogP contribution in [-0.4, -0.2) is 28.5 Å². The molecule has 1 N–H and O–H groups in total. The second-order valence-electron chi connectivity index (χ2n) is 3.84. The van der Waals surface area contributed by atoms with Crippen molar-refractivity contribution in [2.45, 2.75) is 5.98 Å². The Hall–Kier alpha value is -2.21. The van der Waals surface area contributed by atoms with E-state index in [1.807, 2.05) is 24.4 Å². The molecular formula is C12H11FN4O. The van der Waals surface area contributed by atoms with Crippen LogP contribution in [0.3, 0.4) is 0 Å². The van der Waals surface area contributed by atoms with Gasteiger partial charge in [0.25, 0.3) is 0 Å². The van der Waals surface area contributed by atoms with Crippen molar-refractivity contribution >= 4 is 11.4 Å². The van der Waals surface area contributed by atoms with Gasteiger partial charge < -0.3 is 10.1 Å². The maximum absolute atomic E-state index is 14.0. The molecule has 0 amide bonds. The number of halogens is 1. The fourth-order valence-electron chi connectivity index (χ4n) is 1.81. The van der Waals surface area contributed by atoms with Gasteiger partial charge in [0, 0.05) is 25.6 Å². The Bertz CT molecular complexity index is 648. The summed E-state index contributed by atoms with van der Waals surface area (Å²) in [5.74, 6) is -1.73. The molecule has 0 bridgehead atoms. The van der Waals surface area contributed by atoms with E-state index < -0.39 is 5.98 Å². The average Bonchev–Trinajstić information content (AvgIpc) is 2.83. The minimum Gasteiger partial charge on any atom is -0.346 e. The van der Waals surface area contributed by atoms with Crippen LogP contribution in [0.5, 0.6) is 0 Å². The third kappa shape index (κ3) is 1.67. The zero-order valence-electron chi connectivity index (χ0n) is 9.67. The monoisotopic (exact) mass is 246 g/mol. The lowest BCUT2D eigenvalue weighted by molar-refractivity contribution is -0.0722. The highest BCUT2D eigenvalue weighted by Crippen LogP contribution is 2.21. The molecule has 0 spiro atoms. The van der Waals surface area contributed by atoms with Crippen LogP contribution in [0.15, 0.2) is 47.9 Å². The largest absolute Gasteiger partial charge is 0.346 e. The topological polar surface area (TPSA) is 50.9 Å². The van der Waals surface area contributed by atoms with Crippen molar-refractivity contribution in [3.05, 3.63) is 48.4 Å². The third-order valence-electron chi connectivity index (χ3n) is 2.74. The highest BCUT2D eigenvalue weighted by Gasteiger charge is 2.29. The van der Waals surface area contributed by atoms with Crippen molar-refractivity contribution in [3.63, 3.8) is 0 Å². The number of aliphatic imine (C=N–C) groups is 1. The lowest BCUT2D eigenvalue weighted by Crippen LogP contribution is -2.32. The molecule has 5 nitrogen and oxygen atoms in total. The molecule has 18 heavy (non-hydrogen) atoms. The highest BCUT2D eigenvalue weighted by atomic mass is 19.2. The second kappa shape index (κ2) is 3.92. The summed E-state index contributed by atoms with van der Waals surface area (Å²) in [6.45, 7) is 0. The maximum atomic E-state index is 14.0. The van der Waals surface area contributed by atoms with Crippen molar-refractivity contribution < 1.29 is 9.13 Å². The maximum Gasteiger partial charge on any atom is 0.330 e. The van der Waals surface area contributed by atoms with Gasteiger partial charge in [-0.05, 0) is 12.1 Å². The van der Waals surface area contributed by atoms with Crippen molar-refractivity contribution in [1.29, 1.82) is 0 Å². The van der Waals surface area contributed by atoms with Crippen molar-refractivity contribution in [2.75, 3.05) is 7.11 Å². The Morgan fingerprint density at radius 2 is 2.33 bits per heavy atom. The Kier molecular flexibility index (Phi) is 2.38. The fourth-order valence-corrected chi connectivity index (χ4v) is 1.81. The summed E-state index contributed by atoms with van der Waals surface area (Å²) in [6, 6.07) is 5.64. The van der Waals surface area contributed by atoms with Crippen LogP contribution in [0.4, 0.5) is 4.39 Å². The van der Waals surface area contributed by atoms with Crippen LogP contribution in [0.2, 0.25) is 0 Å². The number of methoxy groups -OCH3 is 1. The van der Waals surface area contributed by atoms with Crippen molar-refractivity contribution in [2.24, 2.45) is 4.99 Å². The summed E-state index contributed by atoms with van der Waals surface area (Å²) < 4.78 is 20.4. The molecule has 1 aliphatic heterocycles. The van der Waals surface area contributed by atoms with E-state index in [4.69, 9.17) is 4.74 Å². The van der Waals surface area contributed by atoms with E-state index in [2.05, 4.69) is 15.4 Å². The van der Waals surface area contributed by atoms with E-state index in [1.165, 1.54) is 19.4 Å². The number of hydrogen-bond donors (Lipinski definition) is 1. The van der Waals surface area contributed by atoms with Gasteiger partial charge in [-0.3, -0.25) is 0 Å². The van der Waals surface area contributed by atoms with Crippen LogP contribution < -0.4 is 5.32 Å². The lowest BCUT2D eigenvalue weighted by Gasteiger charge is -2.20. The zero-order chi connectivity index (χ0) is 12.6. The summed E-state index contributed by atoms with van der Waals surface area (Å²) in [7, 11) is 1.27. The standard InChI is InChI=1S/C12H11FN4O/c1-18-12(13)5-6-14-11(16-12)9-8-15-17-7-3-2-4-10(9)17/h2-8H,1H3,(H,14,16). The van der Waals surface area contributed by atoms with E-state index in [-0.39, 0.29) is 0 Å². The van der Waals surface area contributed by atoms with Crippen LogP contribution in [-0.2, 0) is 4.74 Å². The van der Waals surface area contributed by atoms with E-state index in [9.17, 15) is 4.39 Å². The summed E-state index contributed by atoms with van der Waals surface area (Å²) in [6.07, 6.45) is 6.13. The van der Waals surface area contributed by atoms with Gasteiger partial charge in [-0.1, -0.05) is 6.07 Å². The number of nitrogens with zero attached hydrogens (tertiary/aromatic N) is 3. The highest BCUT2D eigenvalue weighted by molar-refractivity contribution is 6.05. The number of fused-ring (bicyclic) bond motifs is 1. The minimum absolute atomic E-state index is 0.392. The van der Waals surface area contributed by atoms with E-state index in [0.29, 0.717) is 5.84 Å². The minimum atomic E-state index is -2.12. The van der Waals surface area contributed by atoms with Crippen molar-refractivity contribution in [3.8, 4) is 0 Å². The number of aromatic nitrogens is 2. The molecule has 92 valence electrons. The number of pyridine rings is 1. The molecule has 0 saturated carbocycles. The second-order valence-corrected chi connectivity index (χ2v) is 3.84. The lowest BCUT2D eigenvalue weighted by atomic mass is 10.2. The molecule has 1 atom stereocenters. The number of hydrogen-bond acceptors (Lipinski definition) is 4. The van der Waals surface area contributed by atoms with Crippen molar-refractivity contribution in [1.82, 2.24) is 14.9 Å². The molecule has 0 fully saturated rings. The van der Waals surface area contributed by atoms with Gasteiger partial charge in [0.1, 0.15) is 5.84 Å². The number of amidine groups is 1. The first-order chi connectivity index (χ1) is 8.72. The molecule has 1 aliphatic rings. The Balaban J connectivity index is 2.10. The first-order valence-electron chi connectivity index (χ1n) is 5.43. The quantitative estimate of drug-likeness (QED) is 0.816. The molecule has 2 aromatic heterocycles. The van der Waals surface area contributed by atoms with Crippen LogP contribution in [0.1, 0.15) is 5.56 Å². The Labute approximate surface area is 103 Å². The number of nitrogens with one attached hydrogen (secondary N) is 1. The van der Waals surface area contributed by atoms with Crippen LogP contribution in [0.25, 0.3) is 5.52 Å². The molecular weight excluding hydrogens is 235 g/mol. The predicted molar refractivity (Wildman–Crippen MR) is 64.9 cm³/mol. The van der Waals surface area contributed by atoms with Gasteiger partial charge in [0.2, 0.25) is 0 Å². The molecule has 0 aliphatic carbocycles. The summed E-state index contributed by atoms with van der Waals surface area (Å²) in [5, 5.41) is 7.08. The number of rotatable bonds is 2. The van der Waals surface area contributed by atoms with Crippen LogP contribution >= 0.6 is 0 Å². The van der Waals surface area contributed by atoms with Gasteiger partial charge in [-0.15, -0.1) is 0 Å². The molecule has 0 saturated heterocycles. The van der Waals surface area contributed by atoms with Crippen LogP contribution in [0, 0.1) is 0 Å². The normalized spacial score (nSPS) is 22.9. The zero-order valence-corrected chi connectivity index (χ0v) is 9.67. The van der Waals surface area contributed by atoms with Gasteiger partial charge in [-0.2, -0.15) is 14.5 Å². The third-order valence-corrected chi connectivity index (χ3v) is 2.74. The molecule has 6 heteroatoms. The molecule has 1 unspecified atom stereocenters.